The van der Waals surface area contributed by atoms with Gasteiger partial charge in [0, 0.05) is 39.0 Å². The summed E-state index contributed by atoms with van der Waals surface area (Å²) >= 11 is 7.93. The van der Waals surface area contributed by atoms with Gasteiger partial charge in [0.05, 0.1) is 22.4 Å². The number of thiazole rings is 1. The Morgan fingerprint density at radius 1 is 1.25 bits per heavy atom. The fourth-order valence-corrected chi connectivity index (χ4v) is 5.17. The molecule has 1 saturated carbocycles. The van der Waals surface area contributed by atoms with E-state index >= 15 is 0 Å². The molecule has 0 saturated heterocycles. The van der Waals surface area contributed by atoms with E-state index in [2.05, 4.69) is 20.2 Å². The van der Waals surface area contributed by atoms with Crippen molar-refractivity contribution in [3.05, 3.63) is 57.6 Å². The Labute approximate surface area is 193 Å². The standard InChI is InChI=1S/C22H21ClN6O2S/c1-12-28-20-19(17-8-15(17)11-31-2)14(10-25-22(20)32-12)7-16(30)5-13-6-18(23)21(24-9-13)29-26-3-4-27-29/h3-4,6,9-10,15,17H,5,7-8,11H2,1-2H3/t15-,17?/m1/s1. The van der Waals surface area contributed by atoms with Crippen molar-refractivity contribution in [2.24, 2.45) is 5.92 Å². The smallest absolute Gasteiger partial charge is 0.193 e. The highest BCUT2D eigenvalue weighted by Crippen LogP contribution is 2.50. The van der Waals surface area contributed by atoms with Gasteiger partial charge in [-0.2, -0.15) is 10.2 Å². The van der Waals surface area contributed by atoms with E-state index in [4.69, 9.17) is 21.3 Å². The van der Waals surface area contributed by atoms with Gasteiger partial charge in [-0.3, -0.25) is 4.79 Å². The summed E-state index contributed by atoms with van der Waals surface area (Å²) in [6, 6.07) is 1.74. The highest BCUT2D eigenvalue weighted by Gasteiger charge is 2.41. The van der Waals surface area contributed by atoms with Gasteiger partial charge in [-0.25, -0.2) is 15.0 Å². The third kappa shape index (κ3) is 4.15. The quantitative estimate of drug-likeness (QED) is 0.388. The molecule has 8 nitrogen and oxygen atoms in total. The summed E-state index contributed by atoms with van der Waals surface area (Å²) in [7, 11) is 1.72. The van der Waals surface area contributed by atoms with Crippen LogP contribution < -0.4 is 0 Å². The summed E-state index contributed by atoms with van der Waals surface area (Å²) < 4.78 is 5.35. The largest absolute Gasteiger partial charge is 0.384 e. The summed E-state index contributed by atoms with van der Waals surface area (Å²) in [6.45, 7) is 2.70. The molecule has 0 N–H and O–H groups in total. The number of carbonyl (C=O) groups is 1. The molecule has 0 radical (unpaired) electrons. The maximum Gasteiger partial charge on any atom is 0.193 e. The number of aryl methyl sites for hydroxylation is 1. The summed E-state index contributed by atoms with van der Waals surface area (Å²) in [5.41, 5.74) is 3.79. The third-order valence-corrected chi connectivity index (χ3v) is 6.76. The molecule has 0 bridgehead atoms. The second-order valence-electron chi connectivity index (χ2n) is 8.00. The number of halogens is 1. The first-order valence-electron chi connectivity index (χ1n) is 10.3. The van der Waals surface area contributed by atoms with Crippen LogP contribution in [0.2, 0.25) is 5.02 Å². The molecule has 1 unspecified atom stereocenters. The first-order chi connectivity index (χ1) is 15.5. The van der Waals surface area contributed by atoms with E-state index in [-0.39, 0.29) is 12.2 Å². The molecule has 4 aromatic rings. The Kier molecular flexibility index (Phi) is 5.71. The van der Waals surface area contributed by atoms with Gasteiger partial charge in [0.15, 0.2) is 5.82 Å². The lowest BCUT2D eigenvalue weighted by Gasteiger charge is -2.10. The molecule has 0 aromatic carbocycles. The average Bonchev–Trinajstić information content (AvgIpc) is 3.12. The zero-order chi connectivity index (χ0) is 22.2. The first kappa shape index (κ1) is 21.1. The molecule has 32 heavy (non-hydrogen) atoms. The molecular weight excluding hydrogens is 448 g/mol. The summed E-state index contributed by atoms with van der Waals surface area (Å²) in [5, 5.41) is 9.46. The predicted octanol–water partition coefficient (Wildman–Crippen LogP) is 3.73. The molecule has 0 aliphatic heterocycles. The highest BCUT2D eigenvalue weighted by atomic mass is 35.5. The van der Waals surface area contributed by atoms with Crippen molar-refractivity contribution in [1.82, 2.24) is 29.9 Å². The SMILES string of the molecule is COC[C@H]1CC1c1c(CC(=O)Cc2cnc(-n3nccn3)c(Cl)c2)cnc2sc(C)nc12. The maximum atomic E-state index is 13.0. The van der Waals surface area contributed by atoms with E-state index in [1.165, 1.54) is 4.80 Å². The number of carbonyl (C=O) groups excluding carboxylic acids is 1. The van der Waals surface area contributed by atoms with E-state index in [9.17, 15) is 4.79 Å². The summed E-state index contributed by atoms with van der Waals surface area (Å²) in [6.07, 6.45) is 8.17. The molecule has 164 valence electrons. The van der Waals surface area contributed by atoms with E-state index in [0.29, 0.717) is 35.7 Å². The molecule has 1 aliphatic carbocycles. The number of Topliss-reactive ketones (excluding diaryl/α,β-unsaturated/α-hetero) is 1. The van der Waals surface area contributed by atoms with Crippen molar-refractivity contribution in [2.45, 2.75) is 32.1 Å². The number of nitrogens with zero attached hydrogens (tertiary/aromatic N) is 6. The lowest BCUT2D eigenvalue weighted by Crippen LogP contribution is -2.11. The number of aromatic nitrogens is 6. The Balaban J connectivity index is 1.37. The number of ether oxygens (including phenoxy) is 1. The Morgan fingerprint density at radius 2 is 2.06 bits per heavy atom. The molecule has 1 aliphatic rings. The number of hydrogen-bond acceptors (Lipinski definition) is 8. The minimum atomic E-state index is 0.0751. The van der Waals surface area contributed by atoms with Crippen molar-refractivity contribution in [2.75, 3.05) is 13.7 Å². The van der Waals surface area contributed by atoms with Crippen LogP contribution in [0.25, 0.3) is 16.2 Å². The fourth-order valence-electron chi connectivity index (χ4n) is 4.13. The molecule has 2 atom stereocenters. The molecule has 0 amide bonds. The van der Waals surface area contributed by atoms with Gasteiger partial charge in [0.1, 0.15) is 16.1 Å². The van der Waals surface area contributed by atoms with Crippen LogP contribution in [0, 0.1) is 12.8 Å². The minimum Gasteiger partial charge on any atom is -0.384 e. The summed E-state index contributed by atoms with van der Waals surface area (Å²) in [5.74, 6) is 1.34. The average molecular weight is 469 g/mol. The number of methoxy groups -OCH3 is 1. The number of fused-ring (bicyclic) bond motifs is 1. The lowest BCUT2D eigenvalue weighted by molar-refractivity contribution is -0.117. The van der Waals surface area contributed by atoms with E-state index in [0.717, 1.165) is 38.5 Å². The van der Waals surface area contributed by atoms with Crippen LogP contribution in [0.5, 0.6) is 0 Å². The van der Waals surface area contributed by atoms with Crippen LogP contribution in [0.4, 0.5) is 0 Å². The number of hydrogen-bond donors (Lipinski definition) is 0. The normalized spacial score (nSPS) is 17.7. The topological polar surface area (TPSA) is 95.7 Å². The first-order valence-corrected chi connectivity index (χ1v) is 11.5. The van der Waals surface area contributed by atoms with Gasteiger partial charge in [-0.15, -0.1) is 4.80 Å². The molecule has 4 aromatic heterocycles. The van der Waals surface area contributed by atoms with Crippen molar-refractivity contribution >= 4 is 39.1 Å². The minimum absolute atomic E-state index is 0.0751. The van der Waals surface area contributed by atoms with Crippen LogP contribution in [0.3, 0.4) is 0 Å². The van der Waals surface area contributed by atoms with Crippen LogP contribution in [0.1, 0.15) is 34.0 Å². The molecular formula is C22H21ClN6O2S. The van der Waals surface area contributed by atoms with Crippen LogP contribution >= 0.6 is 22.9 Å². The second-order valence-corrected chi connectivity index (χ2v) is 9.59. The second kappa shape index (κ2) is 8.65. The van der Waals surface area contributed by atoms with Crippen LogP contribution in [-0.2, 0) is 22.4 Å². The van der Waals surface area contributed by atoms with Crippen molar-refractivity contribution in [3.63, 3.8) is 0 Å². The van der Waals surface area contributed by atoms with E-state index < -0.39 is 0 Å². The zero-order valence-corrected chi connectivity index (χ0v) is 19.2. The highest BCUT2D eigenvalue weighted by molar-refractivity contribution is 7.18. The molecule has 5 rings (SSSR count). The fraction of sp³-hybridized carbons (Fsp3) is 0.364. The third-order valence-electron chi connectivity index (χ3n) is 5.60. The number of pyridine rings is 2. The monoisotopic (exact) mass is 468 g/mol. The maximum absolute atomic E-state index is 13.0. The lowest BCUT2D eigenvalue weighted by atomic mass is 9.97. The van der Waals surface area contributed by atoms with Gasteiger partial charge in [0.25, 0.3) is 0 Å². The van der Waals surface area contributed by atoms with Crippen molar-refractivity contribution in [1.29, 1.82) is 0 Å². The zero-order valence-electron chi connectivity index (χ0n) is 17.7. The van der Waals surface area contributed by atoms with Crippen molar-refractivity contribution < 1.29 is 9.53 Å². The van der Waals surface area contributed by atoms with Crippen molar-refractivity contribution in [3.8, 4) is 5.82 Å². The van der Waals surface area contributed by atoms with Gasteiger partial charge < -0.3 is 4.74 Å². The number of rotatable bonds is 8. The molecule has 0 spiro atoms. The van der Waals surface area contributed by atoms with Crippen LogP contribution in [-0.4, -0.2) is 49.4 Å². The Morgan fingerprint density at radius 3 is 2.81 bits per heavy atom. The predicted molar refractivity (Wildman–Crippen MR) is 121 cm³/mol. The van der Waals surface area contributed by atoms with Crippen LogP contribution in [0.15, 0.2) is 30.9 Å². The van der Waals surface area contributed by atoms with Gasteiger partial charge in [-0.05, 0) is 47.9 Å². The van der Waals surface area contributed by atoms with Gasteiger partial charge in [0.2, 0.25) is 0 Å². The van der Waals surface area contributed by atoms with Gasteiger partial charge >= 0.3 is 0 Å². The Bertz CT molecular complexity index is 1290. The van der Waals surface area contributed by atoms with Gasteiger partial charge in [-0.1, -0.05) is 22.9 Å². The molecule has 10 heteroatoms. The van der Waals surface area contributed by atoms with E-state index in [1.54, 1.807) is 43.1 Å². The molecule has 1 fully saturated rings. The van der Waals surface area contributed by atoms with E-state index in [1.807, 2.05) is 13.1 Å². The molecule has 4 heterocycles. The number of ketones is 1. The Hall–Kier alpha value is -2.75. The summed E-state index contributed by atoms with van der Waals surface area (Å²) in [4.78, 5) is 28.9.